The van der Waals surface area contributed by atoms with Crippen LogP contribution in [0.5, 0.6) is 0 Å². The van der Waals surface area contributed by atoms with Crippen molar-refractivity contribution in [3.05, 3.63) is 34.9 Å². The minimum atomic E-state index is -0.0364. The van der Waals surface area contributed by atoms with Crippen LogP contribution in [-0.4, -0.2) is 74.3 Å². The Morgan fingerprint density at radius 2 is 1.93 bits per heavy atom. The Labute approximate surface area is 203 Å². The van der Waals surface area contributed by atoms with E-state index in [1.807, 2.05) is 12.1 Å². The first-order chi connectivity index (χ1) is 14.2. The van der Waals surface area contributed by atoms with E-state index < -0.39 is 0 Å². The van der Waals surface area contributed by atoms with Crippen molar-refractivity contribution in [2.24, 2.45) is 4.99 Å². The molecule has 168 valence electrons. The fraction of sp³-hybridized carbons (Fsp3) is 0.696. The summed E-state index contributed by atoms with van der Waals surface area (Å²) in [7, 11) is 0. The molecule has 1 unspecified atom stereocenters. The number of aliphatic imine (C=N–C) groups is 1. The monoisotopic (exact) mass is 546 g/mol. The second-order valence-electron chi connectivity index (χ2n) is 8.67. The van der Waals surface area contributed by atoms with E-state index in [0.717, 1.165) is 63.2 Å². The zero-order valence-corrected chi connectivity index (χ0v) is 21.2. The van der Waals surface area contributed by atoms with Crippen LogP contribution in [0.15, 0.2) is 29.3 Å². The van der Waals surface area contributed by atoms with Crippen molar-refractivity contribution in [1.82, 2.24) is 15.1 Å². The van der Waals surface area contributed by atoms with E-state index >= 15 is 0 Å². The summed E-state index contributed by atoms with van der Waals surface area (Å²) >= 11 is 6.62. The Kier molecular flexibility index (Phi) is 9.10. The fourth-order valence-electron chi connectivity index (χ4n) is 5.16. The first kappa shape index (κ1) is 24.1. The van der Waals surface area contributed by atoms with Crippen molar-refractivity contribution in [3.63, 3.8) is 0 Å². The van der Waals surface area contributed by atoms with Crippen molar-refractivity contribution in [1.29, 1.82) is 0 Å². The number of hydrogen-bond donors (Lipinski definition) is 1. The molecule has 3 aliphatic heterocycles. The molecule has 3 fully saturated rings. The molecule has 4 rings (SSSR count). The van der Waals surface area contributed by atoms with Gasteiger partial charge in [-0.15, -0.1) is 24.0 Å². The van der Waals surface area contributed by atoms with Crippen molar-refractivity contribution >= 4 is 41.5 Å². The van der Waals surface area contributed by atoms with Crippen LogP contribution >= 0.6 is 35.6 Å². The predicted octanol–water partition coefficient (Wildman–Crippen LogP) is 4.14. The van der Waals surface area contributed by atoms with Gasteiger partial charge in [0.2, 0.25) is 0 Å². The number of halogens is 2. The third-order valence-electron chi connectivity index (χ3n) is 6.88. The van der Waals surface area contributed by atoms with Crippen LogP contribution in [0.3, 0.4) is 0 Å². The molecule has 0 aromatic heterocycles. The van der Waals surface area contributed by atoms with Gasteiger partial charge >= 0.3 is 0 Å². The van der Waals surface area contributed by atoms with Crippen molar-refractivity contribution in [2.75, 3.05) is 52.5 Å². The lowest BCUT2D eigenvalue weighted by Crippen LogP contribution is -2.44. The van der Waals surface area contributed by atoms with Gasteiger partial charge in [-0.25, -0.2) is 0 Å². The number of benzene rings is 1. The highest BCUT2D eigenvalue weighted by atomic mass is 127. The molecule has 3 aliphatic rings. The highest BCUT2D eigenvalue weighted by Gasteiger charge is 2.37. The molecule has 1 atom stereocenters. The summed E-state index contributed by atoms with van der Waals surface area (Å²) in [6.07, 6.45) is 5.89. The summed E-state index contributed by atoms with van der Waals surface area (Å²) in [5.41, 5.74) is 1.19. The van der Waals surface area contributed by atoms with E-state index in [4.69, 9.17) is 21.3 Å². The maximum absolute atomic E-state index is 6.62. The molecule has 3 saturated heterocycles. The Morgan fingerprint density at radius 1 is 1.20 bits per heavy atom. The highest BCUT2D eigenvalue weighted by molar-refractivity contribution is 14.0. The first-order valence-corrected chi connectivity index (χ1v) is 11.7. The SMILES string of the molecule is CCNC(=NCC1(c2ccccc2Cl)CCOCC1)N1CCC(N2CCCC2)C1.I. The average Bonchev–Trinajstić information content (AvgIpc) is 3.44. The van der Waals surface area contributed by atoms with E-state index in [-0.39, 0.29) is 29.4 Å². The number of likely N-dealkylation sites (tertiary alicyclic amines) is 2. The molecule has 1 aromatic carbocycles. The van der Waals surface area contributed by atoms with Gasteiger partial charge in [0, 0.05) is 49.3 Å². The molecule has 30 heavy (non-hydrogen) atoms. The zero-order valence-electron chi connectivity index (χ0n) is 18.1. The molecule has 0 bridgehead atoms. The van der Waals surface area contributed by atoms with Crippen LogP contribution in [0.2, 0.25) is 5.02 Å². The van der Waals surface area contributed by atoms with E-state index in [1.54, 1.807) is 0 Å². The van der Waals surface area contributed by atoms with Gasteiger partial charge in [-0.3, -0.25) is 9.89 Å². The molecule has 0 aliphatic carbocycles. The van der Waals surface area contributed by atoms with Crippen molar-refractivity contribution in [2.45, 2.75) is 50.5 Å². The van der Waals surface area contributed by atoms with E-state index in [0.29, 0.717) is 6.04 Å². The summed E-state index contributed by atoms with van der Waals surface area (Å²) in [6, 6.07) is 8.96. The van der Waals surface area contributed by atoms with Crippen LogP contribution in [0.25, 0.3) is 0 Å². The predicted molar refractivity (Wildman–Crippen MR) is 135 cm³/mol. The molecular formula is C23H36ClIN4O. The first-order valence-electron chi connectivity index (χ1n) is 11.3. The van der Waals surface area contributed by atoms with Gasteiger partial charge in [-0.05, 0) is 63.7 Å². The van der Waals surface area contributed by atoms with Gasteiger partial charge in [0.25, 0.3) is 0 Å². The van der Waals surface area contributed by atoms with E-state index in [2.05, 4.69) is 34.2 Å². The van der Waals surface area contributed by atoms with Crippen LogP contribution in [0, 0.1) is 0 Å². The summed E-state index contributed by atoms with van der Waals surface area (Å²) in [5, 5.41) is 4.40. The quantitative estimate of drug-likeness (QED) is 0.342. The second kappa shape index (κ2) is 11.3. The molecule has 1 N–H and O–H groups in total. The molecule has 0 saturated carbocycles. The largest absolute Gasteiger partial charge is 0.381 e. The van der Waals surface area contributed by atoms with Gasteiger partial charge in [0.15, 0.2) is 5.96 Å². The fourth-order valence-corrected chi connectivity index (χ4v) is 5.49. The van der Waals surface area contributed by atoms with Crippen LogP contribution < -0.4 is 5.32 Å². The van der Waals surface area contributed by atoms with Gasteiger partial charge < -0.3 is 15.0 Å². The summed E-state index contributed by atoms with van der Waals surface area (Å²) in [6.45, 7) is 10.1. The van der Waals surface area contributed by atoms with E-state index in [9.17, 15) is 0 Å². The number of hydrogen-bond acceptors (Lipinski definition) is 3. The average molecular weight is 547 g/mol. The number of rotatable bonds is 5. The number of guanidine groups is 1. The Bertz CT molecular complexity index is 704. The lowest BCUT2D eigenvalue weighted by molar-refractivity contribution is 0.0530. The summed E-state index contributed by atoms with van der Waals surface area (Å²) in [5.74, 6) is 1.06. The maximum atomic E-state index is 6.62. The van der Waals surface area contributed by atoms with Crippen molar-refractivity contribution in [3.8, 4) is 0 Å². The molecule has 3 heterocycles. The summed E-state index contributed by atoms with van der Waals surface area (Å²) in [4.78, 5) is 10.3. The number of ether oxygens (including phenoxy) is 1. The smallest absolute Gasteiger partial charge is 0.193 e. The summed E-state index contributed by atoms with van der Waals surface area (Å²) < 4.78 is 5.69. The topological polar surface area (TPSA) is 40.1 Å². The standard InChI is InChI=1S/C23H35ClN4O.HI/c1-2-25-22(28-14-9-19(17-28)27-12-5-6-13-27)26-18-23(10-15-29-16-11-23)20-7-3-4-8-21(20)24;/h3-4,7-8,19H,2,5-6,9-18H2,1H3,(H,25,26);1H. The van der Waals surface area contributed by atoms with Gasteiger partial charge in [0.1, 0.15) is 0 Å². The second-order valence-corrected chi connectivity index (χ2v) is 9.08. The molecule has 0 radical (unpaired) electrons. The van der Waals surface area contributed by atoms with Gasteiger partial charge in [-0.1, -0.05) is 29.8 Å². The third-order valence-corrected chi connectivity index (χ3v) is 7.21. The van der Waals surface area contributed by atoms with Crippen LogP contribution in [-0.2, 0) is 10.2 Å². The Balaban J connectivity index is 0.00000256. The lowest BCUT2D eigenvalue weighted by atomic mass is 9.74. The number of nitrogens with zero attached hydrogens (tertiary/aromatic N) is 3. The Hall–Kier alpha value is -0.570. The molecule has 7 heteroatoms. The Morgan fingerprint density at radius 3 is 2.63 bits per heavy atom. The van der Waals surface area contributed by atoms with Gasteiger partial charge in [0.05, 0.1) is 6.54 Å². The van der Waals surface area contributed by atoms with Gasteiger partial charge in [-0.2, -0.15) is 0 Å². The van der Waals surface area contributed by atoms with Crippen LogP contribution in [0.1, 0.15) is 44.6 Å². The molecule has 5 nitrogen and oxygen atoms in total. The molecule has 0 spiro atoms. The maximum Gasteiger partial charge on any atom is 0.193 e. The third kappa shape index (κ3) is 5.43. The minimum Gasteiger partial charge on any atom is -0.381 e. The molecule has 1 aromatic rings. The van der Waals surface area contributed by atoms with E-state index in [1.165, 1.54) is 37.9 Å². The van der Waals surface area contributed by atoms with Crippen molar-refractivity contribution < 1.29 is 4.74 Å². The highest BCUT2D eigenvalue weighted by Crippen LogP contribution is 2.39. The zero-order chi connectivity index (χ0) is 20.1. The van der Waals surface area contributed by atoms with Crippen LogP contribution in [0.4, 0.5) is 0 Å². The minimum absolute atomic E-state index is 0. The normalized spacial score (nSPS) is 24.7. The number of nitrogens with one attached hydrogen (secondary N) is 1. The lowest BCUT2D eigenvalue weighted by Gasteiger charge is -2.37. The molecular weight excluding hydrogens is 511 g/mol. The molecule has 0 amide bonds.